The van der Waals surface area contributed by atoms with Gasteiger partial charge >= 0.3 is 0 Å². The Bertz CT molecular complexity index is 380. The Kier molecular flexibility index (Phi) is 6.24. The molecule has 0 aliphatic carbocycles. The zero-order chi connectivity index (χ0) is 13.4. The fourth-order valence-electron chi connectivity index (χ4n) is 1.84. The van der Waals surface area contributed by atoms with Crippen molar-refractivity contribution in [1.82, 2.24) is 5.32 Å². The van der Waals surface area contributed by atoms with Gasteiger partial charge in [0.1, 0.15) is 11.8 Å². The lowest BCUT2D eigenvalue weighted by Crippen LogP contribution is -2.27. The SMILES string of the molecule is CCNC(C)Cc1ccc(OC(C#N)CC)cc1. The molecule has 0 saturated heterocycles. The van der Waals surface area contributed by atoms with Crippen molar-refractivity contribution in [3.63, 3.8) is 0 Å². The first kappa shape index (κ1) is 14.5. The first-order valence-electron chi connectivity index (χ1n) is 6.58. The summed E-state index contributed by atoms with van der Waals surface area (Å²) in [5.41, 5.74) is 1.28. The summed E-state index contributed by atoms with van der Waals surface area (Å²) in [5, 5.41) is 12.2. The molecule has 3 heteroatoms. The Balaban J connectivity index is 2.55. The summed E-state index contributed by atoms with van der Waals surface area (Å²) in [6.07, 6.45) is 1.36. The zero-order valence-electron chi connectivity index (χ0n) is 11.4. The summed E-state index contributed by atoms with van der Waals surface area (Å²) in [6, 6.07) is 10.6. The largest absolute Gasteiger partial charge is 0.476 e. The van der Waals surface area contributed by atoms with E-state index in [0.29, 0.717) is 12.5 Å². The Morgan fingerprint density at radius 1 is 1.28 bits per heavy atom. The van der Waals surface area contributed by atoms with E-state index in [-0.39, 0.29) is 6.10 Å². The molecule has 0 bridgehead atoms. The monoisotopic (exact) mass is 246 g/mol. The van der Waals surface area contributed by atoms with Crippen LogP contribution in [0.25, 0.3) is 0 Å². The van der Waals surface area contributed by atoms with Crippen molar-refractivity contribution in [3.8, 4) is 11.8 Å². The van der Waals surface area contributed by atoms with Crippen molar-refractivity contribution in [2.75, 3.05) is 6.54 Å². The van der Waals surface area contributed by atoms with Gasteiger partial charge in [0.15, 0.2) is 6.10 Å². The lowest BCUT2D eigenvalue weighted by atomic mass is 10.1. The van der Waals surface area contributed by atoms with Gasteiger partial charge in [-0.25, -0.2) is 0 Å². The molecule has 0 spiro atoms. The van der Waals surface area contributed by atoms with Gasteiger partial charge in [0.2, 0.25) is 0 Å². The van der Waals surface area contributed by atoms with Crippen LogP contribution in [-0.4, -0.2) is 18.7 Å². The van der Waals surface area contributed by atoms with Crippen LogP contribution in [-0.2, 0) is 6.42 Å². The number of rotatable bonds is 7. The van der Waals surface area contributed by atoms with Crippen LogP contribution in [0.1, 0.15) is 32.8 Å². The number of nitrogens with zero attached hydrogens (tertiary/aromatic N) is 1. The Labute approximate surface area is 110 Å². The molecule has 0 aliphatic heterocycles. The van der Waals surface area contributed by atoms with E-state index in [9.17, 15) is 0 Å². The molecule has 0 radical (unpaired) electrons. The number of likely N-dealkylation sites (N-methyl/N-ethyl adjacent to an activating group) is 1. The molecule has 3 nitrogen and oxygen atoms in total. The van der Waals surface area contributed by atoms with Crippen LogP contribution in [0.4, 0.5) is 0 Å². The minimum absolute atomic E-state index is 0.350. The first-order chi connectivity index (χ1) is 8.69. The van der Waals surface area contributed by atoms with E-state index < -0.39 is 0 Å². The van der Waals surface area contributed by atoms with Crippen LogP contribution in [0.15, 0.2) is 24.3 Å². The molecule has 1 aromatic carbocycles. The van der Waals surface area contributed by atoms with E-state index in [1.165, 1.54) is 5.56 Å². The number of hydrogen-bond donors (Lipinski definition) is 1. The smallest absolute Gasteiger partial charge is 0.184 e. The van der Waals surface area contributed by atoms with Gasteiger partial charge in [0.05, 0.1) is 0 Å². The molecule has 0 aliphatic rings. The number of hydrogen-bond acceptors (Lipinski definition) is 3. The van der Waals surface area contributed by atoms with Gasteiger partial charge in [-0.2, -0.15) is 5.26 Å². The van der Waals surface area contributed by atoms with Crippen LogP contribution < -0.4 is 10.1 Å². The molecule has 0 saturated carbocycles. The van der Waals surface area contributed by atoms with Crippen molar-refractivity contribution < 1.29 is 4.74 Å². The van der Waals surface area contributed by atoms with E-state index in [1.54, 1.807) is 0 Å². The third-order valence-corrected chi connectivity index (χ3v) is 2.81. The minimum atomic E-state index is -0.350. The molecule has 1 aromatic rings. The third kappa shape index (κ3) is 4.77. The fourth-order valence-corrected chi connectivity index (χ4v) is 1.84. The molecule has 0 heterocycles. The summed E-state index contributed by atoms with van der Waals surface area (Å²) in [4.78, 5) is 0. The molecule has 1 N–H and O–H groups in total. The molecular weight excluding hydrogens is 224 g/mol. The molecular formula is C15H22N2O. The van der Waals surface area contributed by atoms with Gasteiger partial charge in [0.25, 0.3) is 0 Å². The predicted octanol–water partition coefficient (Wildman–Crippen LogP) is 2.91. The molecule has 2 unspecified atom stereocenters. The highest BCUT2D eigenvalue weighted by Gasteiger charge is 2.06. The number of nitriles is 1. The summed E-state index contributed by atoms with van der Waals surface area (Å²) >= 11 is 0. The maximum Gasteiger partial charge on any atom is 0.184 e. The van der Waals surface area contributed by atoms with Gasteiger partial charge in [-0.15, -0.1) is 0 Å². The topological polar surface area (TPSA) is 45.0 Å². The highest BCUT2D eigenvalue weighted by atomic mass is 16.5. The number of benzene rings is 1. The van der Waals surface area contributed by atoms with E-state index in [2.05, 4.69) is 37.4 Å². The van der Waals surface area contributed by atoms with Gasteiger partial charge in [-0.05, 0) is 44.0 Å². The maximum absolute atomic E-state index is 8.84. The van der Waals surface area contributed by atoms with Crippen LogP contribution in [0.2, 0.25) is 0 Å². The molecule has 18 heavy (non-hydrogen) atoms. The standard InChI is InChI=1S/C15H22N2O/c1-4-14(11-16)18-15-8-6-13(7-9-15)10-12(3)17-5-2/h6-9,12,14,17H,4-5,10H2,1-3H3. The lowest BCUT2D eigenvalue weighted by molar-refractivity contribution is 0.252. The van der Waals surface area contributed by atoms with E-state index >= 15 is 0 Å². The highest BCUT2D eigenvalue weighted by Crippen LogP contribution is 2.15. The van der Waals surface area contributed by atoms with Crippen molar-refractivity contribution in [2.45, 2.75) is 45.8 Å². The molecule has 0 fully saturated rings. The van der Waals surface area contributed by atoms with Gasteiger partial charge in [-0.1, -0.05) is 26.0 Å². The summed E-state index contributed by atoms with van der Waals surface area (Å²) in [7, 11) is 0. The maximum atomic E-state index is 8.84. The van der Waals surface area contributed by atoms with Crippen molar-refractivity contribution >= 4 is 0 Å². The van der Waals surface area contributed by atoms with E-state index in [0.717, 1.165) is 18.7 Å². The Hall–Kier alpha value is -1.53. The normalized spacial score (nSPS) is 13.7. The summed E-state index contributed by atoms with van der Waals surface area (Å²) in [5.74, 6) is 0.767. The number of ether oxygens (including phenoxy) is 1. The third-order valence-electron chi connectivity index (χ3n) is 2.81. The van der Waals surface area contributed by atoms with Gasteiger partial charge in [-0.3, -0.25) is 0 Å². The summed E-state index contributed by atoms with van der Waals surface area (Å²) < 4.78 is 5.54. The molecule has 0 amide bonds. The van der Waals surface area contributed by atoms with Crippen LogP contribution in [0.3, 0.4) is 0 Å². The second-order valence-corrected chi connectivity index (χ2v) is 4.45. The second-order valence-electron chi connectivity index (χ2n) is 4.45. The average Bonchev–Trinajstić information content (AvgIpc) is 2.38. The Morgan fingerprint density at radius 3 is 2.44 bits per heavy atom. The fraction of sp³-hybridized carbons (Fsp3) is 0.533. The zero-order valence-corrected chi connectivity index (χ0v) is 11.4. The molecule has 98 valence electrons. The van der Waals surface area contributed by atoms with Gasteiger partial charge in [0, 0.05) is 6.04 Å². The van der Waals surface area contributed by atoms with E-state index in [1.807, 2.05) is 19.1 Å². The van der Waals surface area contributed by atoms with Crippen molar-refractivity contribution in [3.05, 3.63) is 29.8 Å². The van der Waals surface area contributed by atoms with E-state index in [4.69, 9.17) is 10.00 Å². The second kappa shape index (κ2) is 7.73. The minimum Gasteiger partial charge on any atom is -0.476 e. The van der Waals surface area contributed by atoms with Crippen LogP contribution >= 0.6 is 0 Å². The highest BCUT2D eigenvalue weighted by molar-refractivity contribution is 5.28. The average molecular weight is 246 g/mol. The predicted molar refractivity (Wildman–Crippen MR) is 73.6 cm³/mol. The van der Waals surface area contributed by atoms with Crippen LogP contribution in [0, 0.1) is 11.3 Å². The van der Waals surface area contributed by atoms with Crippen molar-refractivity contribution in [1.29, 1.82) is 5.26 Å². The van der Waals surface area contributed by atoms with Crippen LogP contribution in [0.5, 0.6) is 5.75 Å². The lowest BCUT2D eigenvalue weighted by Gasteiger charge is -2.13. The summed E-state index contributed by atoms with van der Waals surface area (Å²) in [6.45, 7) is 7.22. The Morgan fingerprint density at radius 2 is 1.94 bits per heavy atom. The van der Waals surface area contributed by atoms with Crippen molar-refractivity contribution in [2.24, 2.45) is 0 Å². The molecule has 2 atom stereocenters. The van der Waals surface area contributed by atoms with Gasteiger partial charge < -0.3 is 10.1 Å². The quantitative estimate of drug-likeness (QED) is 0.804. The molecule has 1 rings (SSSR count). The molecule has 0 aromatic heterocycles. The first-order valence-corrected chi connectivity index (χ1v) is 6.58. The number of nitrogens with one attached hydrogen (secondary N) is 1.